The number of benzene rings is 1. The lowest BCUT2D eigenvalue weighted by molar-refractivity contribution is 0.443. The van der Waals surface area contributed by atoms with E-state index in [4.69, 9.17) is 16.6 Å². The van der Waals surface area contributed by atoms with Gasteiger partial charge in [-0.15, -0.1) is 24.8 Å². The molecule has 3 nitrogen and oxygen atoms in total. The number of hydrogen-bond donors (Lipinski definition) is 1. The van der Waals surface area contributed by atoms with Crippen LogP contribution in [-0.2, 0) is 0 Å². The zero-order valence-electron chi connectivity index (χ0n) is 12.5. The summed E-state index contributed by atoms with van der Waals surface area (Å²) in [6.07, 6.45) is 3.76. The van der Waals surface area contributed by atoms with E-state index in [2.05, 4.69) is 17.1 Å². The van der Waals surface area contributed by atoms with Crippen molar-refractivity contribution in [3.8, 4) is 0 Å². The van der Waals surface area contributed by atoms with Gasteiger partial charge in [0.2, 0.25) is 0 Å². The first-order valence-corrected chi connectivity index (χ1v) is 8.51. The molecule has 124 valence electrons. The van der Waals surface area contributed by atoms with E-state index in [0.29, 0.717) is 6.04 Å². The average Bonchev–Trinajstić information content (AvgIpc) is 2.88. The number of piperazine rings is 1. The molecule has 3 rings (SSSR count). The number of nitrogens with zero attached hydrogens (tertiary/aromatic N) is 2. The van der Waals surface area contributed by atoms with Crippen LogP contribution in [0.15, 0.2) is 18.2 Å². The molecular weight excluding hydrogens is 361 g/mol. The summed E-state index contributed by atoms with van der Waals surface area (Å²) in [5, 5.41) is 5.43. The molecule has 1 saturated heterocycles. The van der Waals surface area contributed by atoms with Gasteiger partial charge in [-0.3, -0.25) is 0 Å². The number of rotatable bonds is 4. The van der Waals surface area contributed by atoms with E-state index >= 15 is 0 Å². The van der Waals surface area contributed by atoms with Crippen LogP contribution in [0.3, 0.4) is 0 Å². The molecule has 1 fully saturated rings. The van der Waals surface area contributed by atoms with Crippen LogP contribution in [0, 0.1) is 0 Å². The number of aromatic nitrogens is 1. The first kappa shape index (κ1) is 19.8. The lowest BCUT2D eigenvalue weighted by Gasteiger charge is -2.36. The molecule has 2 aromatic rings. The summed E-state index contributed by atoms with van der Waals surface area (Å²) in [5.41, 5.74) is 1.06. The van der Waals surface area contributed by atoms with Crippen molar-refractivity contribution in [1.29, 1.82) is 0 Å². The van der Waals surface area contributed by atoms with E-state index in [9.17, 15) is 0 Å². The van der Waals surface area contributed by atoms with Gasteiger partial charge in [-0.05, 0) is 24.6 Å². The summed E-state index contributed by atoms with van der Waals surface area (Å²) in [6, 6.07) is 6.52. The number of hydrogen-bond acceptors (Lipinski definition) is 4. The Morgan fingerprint density at radius 2 is 2.23 bits per heavy atom. The maximum atomic E-state index is 6.07. The molecule has 0 spiro atoms. The van der Waals surface area contributed by atoms with Crippen molar-refractivity contribution < 1.29 is 0 Å². The summed E-state index contributed by atoms with van der Waals surface area (Å²) < 4.78 is 1.18. The fourth-order valence-electron chi connectivity index (χ4n) is 2.72. The monoisotopic (exact) mass is 381 g/mol. The van der Waals surface area contributed by atoms with Gasteiger partial charge >= 0.3 is 0 Å². The minimum atomic E-state index is 0. The number of fused-ring (bicyclic) bond motifs is 1. The second kappa shape index (κ2) is 9.14. The minimum Gasteiger partial charge on any atom is -0.343 e. The van der Waals surface area contributed by atoms with Crippen LogP contribution in [0.2, 0.25) is 5.02 Å². The molecule has 1 aliphatic heterocycles. The molecule has 1 N–H and O–H groups in total. The zero-order valence-corrected chi connectivity index (χ0v) is 15.8. The maximum absolute atomic E-state index is 6.07. The summed E-state index contributed by atoms with van der Waals surface area (Å²) in [4.78, 5) is 7.27. The topological polar surface area (TPSA) is 28.2 Å². The van der Waals surface area contributed by atoms with Crippen molar-refractivity contribution in [1.82, 2.24) is 10.3 Å². The molecule has 1 aromatic carbocycles. The van der Waals surface area contributed by atoms with E-state index in [1.807, 2.05) is 18.2 Å². The van der Waals surface area contributed by atoms with Gasteiger partial charge in [0.25, 0.3) is 0 Å². The van der Waals surface area contributed by atoms with Crippen molar-refractivity contribution in [2.45, 2.75) is 32.2 Å². The minimum absolute atomic E-state index is 0. The number of unbranched alkanes of at least 4 members (excludes halogenated alkanes) is 1. The van der Waals surface area contributed by atoms with Crippen LogP contribution in [-0.4, -0.2) is 30.7 Å². The zero-order chi connectivity index (χ0) is 13.9. The number of halogens is 3. The van der Waals surface area contributed by atoms with Gasteiger partial charge in [-0.2, -0.15) is 0 Å². The van der Waals surface area contributed by atoms with Gasteiger partial charge < -0.3 is 10.2 Å². The predicted octanol–water partition coefficient (Wildman–Crippen LogP) is 4.76. The Morgan fingerprint density at radius 3 is 3.00 bits per heavy atom. The van der Waals surface area contributed by atoms with E-state index < -0.39 is 0 Å². The smallest absolute Gasteiger partial charge is 0.186 e. The van der Waals surface area contributed by atoms with Gasteiger partial charge in [0.05, 0.1) is 10.2 Å². The molecule has 22 heavy (non-hydrogen) atoms. The molecule has 0 saturated carbocycles. The highest BCUT2D eigenvalue weighted by atomic mass is 35.5. The SMILES string of the molecule is CCCC[C@@H]1CNCCN1c1nc2ccc(Cl)cc2s1.Cl.Cl. The number of anilines is 1. The standard InChI is InChI=1S/C15H20ClN3S.2ClH/c1-2-3-4-12-10-17-7-8-19(12)15-18-13-6-5-11(16)9-14(13)20-15;;/h5-6,9,12,17H,2-4,7-8,10H2,1H3;2*1H/t12-;;/m1../s1. The maximum Gasteiger partial charge on any atom is 0.186 e. The Bertz CT molecular complexity index is 590. The summed E-state index contributed by atoms with van der Waals surface area (Å²) in [6.45, 7) is 5.40. The van der Waals surface area contributed by atoms with Crippen LogP contribution < -0.4 is 10.2 Å². The van der Waals surface area contributed by atoms with Crippen LogP contribution >= 0.6 is 47.8 Å². The van der Waals surface area contributed by atoms with Gasteiger partial charge in [0.1, 0.15) is 0 Å². The van der Waals surface area contributed by atoms with Gasteiger partial charge in [0, 0.05) is 30.7 Å². The van der Waals surface area contributed by atoms with Gasteiger partial charge in [-0.1, -0.05) is 42.7 Å². The highest BCUT2D eigenvalue weighted by molar-refractivity contribution is 7.22. The summed E-state index contributed by atoms with van der Waals surface area (Å²) in [5.74, 6) is 0. The lowest BCUT2D eigenvalue weighted by Crippen LogP contribution is -2.51. The molecule has 1 aromatic heterocycles. The molecule has 1 aliphatic rings. The average molecular weight is 383 g/mol. The van der Waals surface area contributed by atoms with Crippen molar-refractivity contribution in [2.75, 3.05) is 24.5 Å². The molecule has 0 bridgehead atoms. The van der Waals surface area contributed by atoms with Crippen LogP contribution in [0.4, 0.5) is 5.13 Å². The summed E-state index contributed by atoms with van der Waals surface area (Å²) >= 11 is 7.82. The van der Waals surface area contributed by atoms with Crippen molar-refractivity contribution in [3.63, 3.8) is 0 Å². The van der Waals surface area contributed by atoms with Crippen LogP contribution in [0.5, 0.6) is 0 Å². The molecule has 1 atom stereocenters. The van der Waals surface area contributed by atoms with Gasteiger partial charge in [0.15, 0.2) is 5.13 Å². The third kappa shape index (κ3) is 4.39. The Labute approximate surface area is 153 Å². The molecular formula is C15H22Cl3N3S. The Balaban J connectivity index is 0.00000121. The predicted molar refractivity (Wildman–Crippen MR) is 103 cm³/mol. The quantitative estimate of drug-likeness (QED) is 0.826. The second-order valence-electron chi connectivity index (χ2n) is 5.30. The highest BCUT2D eigenvalue weighted by Gasteiger charge is 2.24. The molecule has 0 unspecified atom stereocenters. The Hall–Kier alpha value is -0.260. The second-order valence-corrected chi connectivity index (χ2v) is 6.75. The first-order valence-electron chi connectivity index (χ1n) is 7.31. The molecule has 0 aliphatic carbocycles. The van der Waals surface area contributed by atoms with Crippen LogP contribution in [0.1, 0.15) is 26.2 Å². The largest absolute Gasteiger partial charge is 0.343 e. The summed E-state index contributed by atoms with van der Waals surface area (Å²) in [7, 11) is 0. The highest BCUT2D eigenvalue weighted by Crippen LogP contribution is 2.32. The van der Waals surface area contributed by atoms with E-state index in [0.717, 1.165) is 35.3 Å². The van der Waals surface area contributed by atoms with Crippen molar-refractivity contribution in [3.05, 3.63) is 23.2 Å². The third-order valence-corrected chi connectivity index (χ3v) is 5.12. The number of thiazole rings is 1. The van der Waals surface area contributed by atoms with Gasteiger partial charge in [-0.25, -0.2) is 4.98 Å². The fourth-order valence-corrected chi connectivity index (χ4v) is 4.06. The van der Waals surface area contributed by atoms with Crippen LogP contribution in [0.25, 0.3) is 10.2 Å². The molecule has 0 amide bonds. The normalized spacial score (nSPS) is 17.9. The van der Waals surface area contributed by atoms with E-state index in [1.54, 1.807) is 11.3 Å². The third-order valence-electron chi connectivity index (χ3n) is 3.83. The molecule has 2 heterocycles. The van der Waals surface area contributed by atoms with Crippen molar-refractivity contribution >= 4 is 63.1 Å². The number of nitrogens with one attached hydrogen (secondary N) is 1. The van der Waals surface area contributed by atoms with E-state index in [1.165, 1.54) is 24.0 Å². The van der Waals surface area contributed by atoms with E-state index in [-0.39, 0.29) is 24.8 Å². The first-order chi connectivity index (χ1) is 9.78. The van der Waals surface area contributed by atoms with Crippen molar-refractivity contribution in [2.24, 2.45) is 0 Å². The molecule has 7 heteroatoms. The fraction of sp³-hybridized carbons (Fsp3) is 0.533. The Kier molecular flexibility index (Phi) is 8.22. The molecule has 0 radical (unpaired) electrons. The lowest BCUT2D eigenvalue weighted by atomic mass is 10.1. The Morgan fingerprint density at radius 1 is 1.41 bits per heavy atom.